The van der Waals surface area contributed by atoms with Crippen LogP contribution in [-0.4, -0.2) is 66.0 Å². The molecule has 132 valence electrons. The van der Waals surface area contributed by atoms with Gasteiger partial charge in [0.15, 0.2) is 0 Å². The van der Waals surface area contributed by atoms with Crippen molar-refractivity contribution in [2.75, 3.05) is 46.4 Å². The largest absolute Gasteiger partial charge is 0.379 e. The molecule has 0 spiro atoms. The topological polar surface area (TPSA) is 33.5 Å². The number of aromatic nitrogens is 2. The summed E-state index contributed by atoms with van der Waals surface area (Å²) in [5.74, 6) is 0. The van der Waals surface area contributed by atoms with Crippen molar-refractivity contribution in [3.05, 3.63) is 40.3 Å². The minimum atomic E-state index is 0.484. The molecule has 0 bridgehead atoms. The first-order valence-corrected chi connectivity index (χ1v) is 9.61. The third-order valence-corrected chi connectivity index (χ3v) is 5.58. The van der Waals surface area contributed by atoms with E-state index in [1.807, 2.05) is 29.3 Å². The Morgan fingerprint density at radius 1 is 1.38 bits per heavy atom. The third-order valence-electron chi connectivity index (χ3n) is 4.61. The summed E-state index contributed by atoms with van der Waals surface area (Å²) in [5, 5.41) is 6.43. The Morgan fingerprint density at radius 3 is 2.88 bits per heavy atom. The van der Waals surface area contributed by atoms with E-state index in [-0.39, 0.29) is 0 Å². The summed E-state index contributed by atoms with van der Waals surface area (Å²) >= 11 is 1.87. The molecular formula is C18H28N4OS. The van der Waals surface area contributed by atoms with Crippen molar-refractivity contribution in [3.8, 4) is 0 Å². The van der Waals surface area contributed by atoms with Crippen molar-refractivity contribution in [1.82, 2.24) is 19.6 Å². The lowest BCUT2D eigenvalue weighted by molar-refractivity contribution is 0.0101. The van der Waals surface area contributed by atoms with Crippen LogP contribution in [0.3, 0.4) is 0 Å². The molecule has 0 radical (unpaired) electrons. The van der Waals surface area contributed by atoms with Crippen LogP contribution in [0.1, 0.15) is 22.9 Å². The van der Waals surface area contributed by atoms with Gasteiger partial charge in [-0.15, -0.1) is 11.3 Å². The van der Waals surface area contributed by atoms with Crippen LogP contribution in [0, 0.1) is 0 Å². The van der Waals surface area contributed by atoms with Crippen LogP contribution in [0.25, 0.3) is 0 Å². The van der Waals surface area contributed by atoms with E-state index in [0.717, 1.165) is 45.8 Å². The average molecular weight is 349 g/mol. The predicted molar refractivity (Wildman–Crippen MR) is 98.5 cm³/mol. The summed E-state index contributed by atoms with van der Waals surface area (Å²) in [4.78, 5) is 6.51. The molecule has 1 fully saturated rings. The van der Waals surface area contributed by atoms with Crippen LogP contribution in [0.5, 0.6) is 0 Å². The highest BCUT2D eigenvalue weighted by Crippen LogP contribution is 2.26. The zero-order chi connectivity index (χ0) is 16.8. The van der Waals surface area contributed by atoms with E-state index >= 15 is 0 Å². The minimum Gasteiger partial charge on any atom is -0.379 e. The lowest BCUT2D eigenvalue weighted by Crippen LogP contribution is -2.43. The number of thiophene rings is 1. The van der Waals surface area contributed by atoms with Gasteiger partial charge in [-0.05, 0) is 43.4 Å². The fourth-order valence-corrected chi connectivity index (χ4v) is 4.15. The van der Waals surface area contributed by atoms with Gasteiger partial charge < -0.3 is 9.64 Å². The van der Waals surface area contributed by atoms with Gasteiger partial charge in [0.25, 0.3) is 0 Å². The first-order chi connectivity index (χ1) is 11.7. The molecule has 0 aromatic carbocycles. The zero-order valence-corrected chi connectivity index (χ0v) is 15.5. The minimum absolute atomic E-state index is 0.484. The maximum Gasteiger partial charge on any atom is 0.0594 e. The van der Waals surface area contributed by atoms with E-state index in [4.69, 9.17) is 4.74 Å². The SMILES string of the molecule is CN(CCCc1cnn(C)c1)C[C@H](c1cccs1)N1CCOCC1. The summed E-state index contributed by atoms with van der Waals surface area (Å²) in [7, 11) is 4.22. The van der Waals surface area contributed by atoms with E-state index in [1.165, 1.54) is 16.9 Å². The summed E-state index contributed by atoms with van der Waals surface area (Å²) in [5.41, 5.74) is 1.33. The highest BCUT2D eigenvalue weighted by molar-refractivity contribution is 7.10. The van der Waals surface area contributed by atoms with Gasteiger partial charge in [0.2, 0.25) is 0 Å². The first kappa shape index (κ1) is 17.6. The summed E-state index contributed by atoms with van der Waals surface area (Å²) in [6.07, 6.45) is 6.35. The van der Waals surface area contributed by atoms with Gasteiger partial charge in [-0.1, -0.05) is 6.07 Å². The van der Waals surface area contributed by atoms with Gasteiger partial charge >= 0.3 is 0 Å². The Hall–Kier alpha value is -1.21. The van der Waals surface area contributed by atoms with Crippen molar-refractivity contribution in [1.29, 1.82) is 0 Å². The molecule has 1 saturated heterocycles. The van der Waals surface area contributed by atoms with Crippen LogP contribution >= 0.6 is 11.3 Å². The zero-order valence-electron chi connectivity index (χ0n) is 14.7. The van der Waals surface area contributed by atoms with E-state index < -0.39 is 0 Å². The smallest absolute Gasteiger partial charge is 0.0594 e. The molecule has 2 aromatic rings. The monoisotopic (exact) mass is 348 g/mol. The second-order valence-electron chi connectivity index (χ2n) is 6.57. The number of hydrogen-bond donors (Lipinski definition) is 0. The normalized spacial score (nSPS) is 17.5. The Morgan fingerprint density at radius 2 is 2.21 bits per heavy atom. The molecule has 2 aromatic heterocycles. The van der Waals surface area contributed by atoms with Gasteiger partial charge in [0.1, 0.15) is 0 Å². The van der Waals surface area contributed by atoms with E-state index in [9.17, 15) is 0 Å². The number of nitrogens with zero attached hydrogens (tertiary/aromatic N) is 4. The number of likely N-dealkylation sites (N-methyl/N-ethyl adjacent to an activating group) is 1. The molecule has 3 rings (SSSR count). The molecule has 0 N–H and O–H groups in total. The first-order valence-electron chi connectivity index (χ1n) is 8.73. The second kappa shape index (κ2) is 8.76. The standard InChI is InChI=1S/C18H28N4OS/c1-20(7-3-5-16-13-19-21(2)14-16)15-17(18-6-4-12-24-18)22-8-10-23-11-9-22/h4,6,12-14,17H,3,5,7-11,15H2,1-2H3/t17-/m1/s1. The highest BCUT2D eigenvalue weighted by Gasteiger charge is 2.24. The van der Waals surface area contributed by atoms with Crippen molar-refractivity contribution < 1.29 is 4.74 Å². The molecule has 6 heteroatoms. The lowest BCUT2D eigenvalue weighted by Gasteiger charge is -2.36. The summed E-state index contributed by atoms with van der Waals surface area (Å²) in [6.45, 7) is 5.96. The van der Waals surface area contributed by atoms with Crippen LogP contribution in [0.4, 0.5) is 0 Å². The number of hydrogen-bond acceptors (Lipinski definition) is 5. The predicted octanol–water partition coefficient (Wildman–Crippen LogP) is 2.42. The molecular weight excluding hydrogens is 320 g/mol. The maximum absolute atomic E-state index is 5.53. The number of rotatable bonds is 8. The molecule has 1 aliphatic rings. The average Bonchev–Trinajstić information content (AvgIpc) is 3.25. The van der Waals surface area contributed by atoms with Gasteiger partial charge in [-0.2, -0.15) is 5.10 Å². The van der Waals surface area contributed by atoms with E-state index in [1.54, 1.807) is 0 Å². The Kier molecular flexibility index (Phi) is 6.43. The van der Waals surface area contributed by atoms with Crippen molar-refractivity contribution in [2.45, 2.75) is 18.9 Å². The maximum atomic E-state index is 5.53. The van der Waals surface area contributed by atoms with E-state index in [0.29, 0.717) is 6.04 Å². The molecule has 3 heterocycles. The summed E-state index contributed by atoms with van der Waals surface area (Å²) < 4.78 is 7.41. The van der Waals surface area contributed by atoms with Crippen molar-refractivity contribution >= 4 is 11.3 Å². The van der Waals surface area contributed by atoms with E-state index in [2.05, 4.69) is 45.7 Å². The molecule has 0 saturated carbocycles. The second-order valence-corrected chi connectivity index (χ2v) is 7.55. The van der Waals surface area contributed by atoms with Gasteiger partial charge in [0.05, 0.1) is 25.5 Å². The van der Waals surface area contributed by atoms with Gasteiger partial charge in [0, 0.05) is 37.8 Å². The van der Waals surface area contributed by atoms with Crippen LogP contribution in [-0.2, 0) is 18.2 Å². The number of morpholine rings is 1. The summed E-state index contributed by atoms with van der Waals surface area (Å²) in [6, 6.07) is 4.92. The Bertz CT molecular complexity index is 592. The van der Waals surface area contributed by atoms with Crippen LogP contribution in [0.15, 0.2) is 29.9 Å². The third kappa shape index (κ3) is 4.89. The number of ether oxygens (including phenoxy) is 1. The molecule has 5 nitrogen and oxygen atoms in total. The fraction of sp³-hybridized carbons (Fsp3) is 0.611. The molecule has 0 amide bonds. The van der Waals surface area contributed by atoms with Gasteiger partial charge in [-0.3, -0.25) is 9.58 Å². The van der Waals surface area contributed by atoms with Gasteiger partial charge in [-0.25, -0.2) is 0 Å². The van der Waals surface area contributed by atoms with Crippen molar-refractivity contribution in [2.24, 2.45) is 7.05 Å². The molecule has 0 aliphatic carbocycles. The molecule has 0 unspecified atom stereocenters. The molecule has 1 aliphatic heterocycles. The number of aryl methyl sites for hydroxylation is 2. The van der Waals surface area contributed by atoms with Crippen molar-refractivity contribution in [3.63, 3.8) is 0 Å². The highest BCUT2D eigenvalue weighted by atomic mass is 32.1. The fourth-order valence-electron chi connectivity index (χ4n) is 3.30. The van der Waals surface area contributed by atoms with Crippen LogP contribution < -0.4 is 0 Å². The lowest BCUT2D eigenvalue weighted by atomic mass is 10.1. The molecule has 1 atom stereocenters. The quantitative estimate of drug-likeness (QED) is 0.734. The Balaban J connectivity index is 1.51. The van der Waals surface area contributed by atoms with Crippen LogP contribution in [0.2, 0.25) is 0 Å². The molecule has 24 heavy (non-hydrogen) atoms. The Labute approximate surface area is 148 Å².